The molecule has 5 nitrogen and oxygen atoms in total. The van der Waals surface area contributed by atoms with Crippen LogP contribution in [0.3, 0.4) is 0 Å². The van der Waals surface area contributed by atoms with Gasteiger partial charge in [-0.15, -0.1) is 11.3 Å². The summed E-state index contributed by atoms with van der Waals surface area (Å²) in [6, 6.07) is 27.6. The van der Waals surface area contributed by atoms with Crippen LogP contribution in [0.1, 0.15) is 16.9 Å². The Morgan fingerprint density at radius 2 is 1.51 bits per heavy atom. The molecule has 0 bridgehead atoms. The van der Waals surface area contributed by atoms with Gasteiger partial charge in [-0.05, 0) is 52.5 Å². The number of rotatable bonds is 6. The first kappa shape index (κ1) is 26.9. The van der Waals surface area contributed by atoms with Crippen LogP contribution in [0.15, 0.2) is 121 Å². The molecule has 206 valence electrons. The zero-order valence-corrected chi connectivity index (χ0v) is 24.0. The summed E-state index contributed by atoms with van der Waals surface area (Å²) < 4.78 is 1.17. The van der Waals surface area contributed by atoms with Crippen molar-refractivity contribution in [1.29, 1.82) is 0 Å². The molecule has 2 aromatic heterocycles. The molecule has 0 amide bonds. The fourth-order valence-corrected chi connectivity index (χ4v) is 6.39. The van der Waals surface area contributed by atoms with Gasteiger partial charge in [0.1, 0.15) is 0 Å². The van der Waals surface area contributed by atoms with Crippen molar-refractivity contribution in [3.8, 4) is 34.2 Å². The number of nitrogens with zero attached hydrogens (tertiary/aromatic N) is 3. The molecule has 43 heavy (non-hydrogen) atoms. The summed E-state index contributed by atoms with van der Waals surface area (Å²) in [6.07, 6.45) is 13.5. The van der Waals surface area contributed by atoms with E-state index in [-0.39, 0.29) is 0 Å². The van der Waals surface area contributed by atoms with Crippen molar-refractivity contribution in [3.63, 3.8) is 0 Å². The molecule has 0 atom stereocenters. The molecule has 0 saturated heterocycles. The lowest BCUT2D eigenvalue weighted by Crippen LogP contribution is -2.29. The Hall–Kier alpha value is -4.95. The molecule has 2 N–H and O–H groups in total. The Balaban J connectivity index is 1.42. The van der Waals surface area contributed by atoms with Crippen LogP contribution >= 0.6 is 11.3 Å². The highest BCUT2D eigenvalue weighted by molar-refractivity contribution is 7.20. The number of fused-ring (bicyclic) bond motifs is 2. The molecule has 4 aromatic carbocycles. The molecule has 0 saturated carbocycles. The first-order valence-corrected chi connectivity index (χ1v) is 14.8. The second kappa shape index (κ2) is 11.4. The van der Waals surface area contributed by atoms with Gasteiger partial charge in [-0.3, -0.25) is 0 Å². The normalized spacial score (nSPS) is 13.7. The van der Waals surface area contributed by atoms with Gasteiger partial charge in [0.25, 0.3) is 0 Å². The maximum absolute atomic E-state index is 9.60. The summed E-state index contributed by atoms with van der Waals surface area (Å²) in [6.45, 7) is 4.08. The van der Waals surface area contributed by atoms with Crippen LogP contribution in [0, 0.1) is 0 Å². The van der Waals surface area contributed by atoms with Gasteiger partial charge in [-0.25, -0.2) is 15.0 Å². The van der Waals surface area contributed by atoms with Gasteiger partial charge in [0, 0.05) is 37.2 Å². The van der Waals surface area contributed by atoms with Crippen molar-refractivity contribution in [2.75, 3.05) is 0 Å². The average molecular weight is 576 g/mol. The summed E-state index contributed by atoms with van der Waals surface area (Å²) >= 11 is 1.72. The van der Waals surface area contributed by atoms with E-state index < -0.39 is 7.12 Å². The van der Waals surface area contributed by atoms with Crippen molar-refractivity contribution in [2.24, 2.45) is 0 Å². The van der Waals surface area contributed by atoms with Crippen LogP contribution in [0.2, 0.25) is 0 Å². The second-order valence-corrected chi connectivity index (χ2v) is 11.4. The predicted molar refractivity (Wildman–Crippen MR) is 180 cm³/mol. The van der Waals surface area contributed by atoms with Crippen molar-refractivity contribution in [2.45, 2.75) is 6.42 Å². The first-order chi connectivity index (χ1) is 21.1. The highest BCUT2D eigenvalue weighted by Gasteiger charge is 2.17. The third-order valence-electron chi connectivity index (χ3n) is 7.57. The van der Waals surface area contributed by atoms with E-state index in [1.807, 2.05) is 30.3 Å². The van der Waals surface area contributed by atoms with E-state index in [2.05, 4.69) is 73.4 Å². The molecule has 0 fully saturated rings. The molecule has 0 spiro atoms. The summed E-state index contributed by atoms with van der Waals surface area (Å²) in [7, 11) is -1.55. The summed E-state index contributed by atoms with van der Waals surface area (Å²) in [5.41, 5.74) is 5.34. The van der Waals surface area contributed by atoms with E-state index in [4.69, 9.17) is 15.0 Å². The smallest absolute Gasteiger partial charge is 0.423 e. The minimum Gasteiger partial charge on any atom is -0.423 e. The van der Waals surface area contributed by atoms with Gasteiger partial charge < -0.3 is 10.0 Å². The van der Waals surface area contributed by atoms with Crippen LogP contribution in [0.4, 0.5) is 0 Å². The Labute approximate surface area is 253 Å². The first-order valence-electron chi connectivity index (χ1n) is 14.0. The van der Waals surface area contributed by atoms with Crippen molar-refractivity contribution >= 4 is 56.9 Å². The number of benzene rings is 4. The standard InChI is InChI=1S/C36H26BN3O2S/c1-2-32-30(21-23-9-4-3-5-10-23)31-22-26(17-20-33(31)43-32)35-38-34(25-15-18-27(19-16-25)37(41)42)39-36(40-35)29-14-8-12-24-11-6-7-13-28(24)29/h2-9,11-22,41-42H,1,10H2/b23-21-. The number of hydrogen-bond acceptors (Lipinski definition) is 6. The minimum atomic E-state index is -1.55. The summed E-state index contributed by atoms with van der Waals surface area (Å²) in [4.78, 5) is 16.0. The lowest BCUT2D eigenvalue weighted by Gasteiger charge is -2.11. The van der Waals surface area contributed by atoms with E-state index in [0.29, 0.717) is 22.9 Å². The van der Waals surface area contributed by atoms with E-state index in [1.54, 1.807) is 35.6 Å². The largest absolute Gasteiger partial charge is 0.488 e. The molecule has 6 aromatic rings. The third-order valence-corrected chi connectivity index (χ3v) is 8.75. The van der Waals surface area contributed by atoms with Crippen LogP contribution in [0.5, 0.6) is 0 Å². The van der Waals surface area contributed by atoms with Crippen LogP contribution < -0.4 is 5.46 Å². The van der Waals surface area contributed by atoms with Gasteiger partial charge in [0.05, 0.1) is 0 Å². The lowest BCUT2D eigenvalue weighted by atomic mass is 9.80. The fraction of sp³-hybridized carbons (Fsp3) is 0.0278. The summed E-state index contributed by atoms with van der Waals surface area (Å²) in [5.74, 6) is 1.64. The summed E-state index contributed by atoms with van der Waals surface area (Å²) in [5, 5.41) is 22.5. The maximum Gasteiger partial charge on any atom is 0.488 e. The highest BCUT2D eigenvalue weighted by atomic mass is 32.1. The molecule has 0 aliphatic heterocycles. The quantitative estimate of drug-likeness (QED) is 0.202. The Kier molecular flexibility index (Phi) is 7.13. The van der Waals surface area contributed by atoms with E-state index in [0.717, 1.165) is 49.7 Å². The van der Waals surface area contributed by atoms with Crippen molar-refractivity contribution in [3.05, 3.63) is 132 Å². The molecular formula is C36H26BN3O2S. The number of thiophene rings is 1. The van der Waals surface area contributed by atoms with Crippen LogP contribution in [0.25, 0.3) is 67.2 Å². The molecule has 1 aliphatic rings. The van der Waals surface area contributed by atoms with Crippen molar-refractivity contribution in [1.82, 2.24) is 15.0 Å². The zero-order valence-electron chi connectivity index (χ0n) is 23.2. The third kappa shape index (κ3) is 5.26. The van der Waals surface area contributed by atoms with Crippen molar-refractivity contribution < 1.29 is 10.0 Å². The number of aromatic nitrogens is 3. The molecule has 1 aliphatic carbocycles. The maximum atomic E-state index is 9.60. The Morgan fingerprint density at radius 1 is 0.767 bits per heavy atom. The van der Waals surface area contributed by atoms with Gasteiger partial charge in [0.15, 0.2) is 17.5 Å². The van der Waals surface area contributed by atoms with E-state index >= 15 is 0 Å². The molecule has 2 heterocycles. The van der Waals surface area contributed by atoms with E-state index in [1.165, 1.54) is 10.3 Å². The molecular weight excluding hydrogens is 549 g/mol. The lowest BCUT2D eigenvalue weighted by molar-refractivity contribution is 0.426. The highest BCUT2D eigenvalue weighted by Crippen LogP contribution is 2.37. The Bertz CT molecular complexity index is 2100. The molecule has 0 unspecified atom stereocenters. The molecule has 0 radical (unpaired) electrons. The van der Waals surface area contributed by atoms with Crippen LogP contribution in [-0.2, 0) is 0 Å². The molecule has 7 heteroatoms. The second-order valence-electron chi connectivity index (χ2n) is 10.3. The van der Waals surface area contributed by atoms with Gasteiger partial charge in [0.2, 0.25) is 0 Å². The van der Waals surface area contributed by atoms with E-state index in [9.17, 15) is 10.0 Å². The fourth-order valence-electron chi connectivity index (χ4n) is 5.38. The number of hydrogen-bond donors (Lipinski definition) is 2. The average Bonchev–Trinajstić information content (AvgIpc) is 3.41. The van der Waals surface area contributed by atoms with Crippen LogP contribution in [-0.4, -0.2) is 32.1 Å². The van der Waals surface area contributed by atoms with Gasteiger partial charge in [-0.2, -0.15) is 0 Å². The monoisotopic (exact) mass is 575 g/mol. The zero-order chi connectivity index (χ0) is 29.3. The van der Waals surface area contributed by atoms with Gasteiger partial charge >= 0.3 is 7.12 Å². The predicted octanol–water partition coefficient (Wildman–Crippen LogP) is 7.46. The minimum absolute atomic E-state index is 0.401. The Morgan fingerprint density at radius 3 is 2.28 bits per heavy atom. The topological polar surface area (TPSA) is 79.1 Å². The molecule has 7 rings (SSSR count). The SMILES string of the molecule is C=Cc1sc2ccc(-c3nc(-c4ccc(B(O)O)cc4)nc(-c4cccc5ccccc45)n3)cc2c1/C=C1/C=CC=CC1. The van der Waals surface area contributed by atoms with Gasteiger partial charge in [-0.1, -0.05) is 104 Å². The number of allylic oxidation sites excluding steroid dienone is 5.